The molecule has 0 aromatic carbocycles. The SMILES string of the molecule is CNC(CCCC(F)(F)F)C1CSCCS1. The minimum atomic E-state index is -4.01. The van der Waals surface area contributed by atoms with E-state index in [9.17, 15) is 13.2 Å². The van der Waals surface area contributed by atoms with E-state index in [1.807, 2.05) is 30.6 Å². The molecule has 1 aliphatic rings. The second kappa shape index (κ2) is 7.01. The highest BCUT2D eigenvalue weighted by molar-refractivity contribution is 8.06. The van der Waals surface area contributed by atoms with Crippen LogP contribution in [0.5, 0.6) is 0 Å². The fraction of sp³-hybridized carbons (Fsp3) is 1.00. The summed E-state index contributed by atoms with van der Waals surface area (Å²) in [5.74, 6) is 3.34. The Morgan fingerprint density at radius 3 is 2.62 bits per heavy atom. The summed E-state index contributed by atoms with van der Waals surface area (Å²) in [6, 6.07) is 0.222. The summed E-state index contributed by atoms with van der Waals surface area (Å²) < 4.78 is 36.1. The zero-order chi connectivity index (χ0) is 12.0. The summed E-state index contributed by atoms with van der Waals surface area (Å²) in [6.07, 6.45) is -3.81. The van der Waals surface area contributed by atoms with E-state index >= 15 is 0 Å². The molecule has 1 aliphatic heterocycles. The summed E-state index contributed by atoms with van der Waals surface area (Å²) in [5, 5.41) is 3.63. The molecular weight excluding hydrogens is 255 g/mol. The number of hydrogen-bond acceptors (Lipinski definition) is 3. The van der Waals surface area contributed by atoms with Crippen molar-refractivity contribution in [1.82, 2.24) is 5.32 Å². The lowest BCUT2D eigenvalue weighted by Gasteiger charge is -2.29. The molecule has 0 aliphatic carbocycles. The zero-order valence-electron chi connectivity index (χ0n) is 9.35. The van der Waals surface area contributed by atoms with Gasteiger partial charge in [0.15, 0.2) is 0 Å². The first-order chi connectivity index (χ1) is 7.53. The van der Waals surface area contributed by atoms with Gasteiger partial charge in [-0.2, -0.15) is 36.7 Å². The van der Waals surface area contributed by atoms with Crippen LogP contribution in [0, 0.1) is 0 Å². The highest BCUT2D eigenvalue weighted by atomic mass is 32.2. The van der Waals surface area contributed by atoms with Crippen LogP contribution in [0.15, 0.2) is 0 Å². The van der Waals surface area contributed by atoms with E-state index in [4.69, 9.17) is 0 Å². The number of alkyl halides is 3. The molecule has 6 heteroatoms. The lowest BCUT2D eigenvalue weighted by atomic mass is 10.1. The van der Waals surface area contributed by atoms with E-state index < -0.39 is 12.6 Å². The monoisotopic (exact) mass is 273 g/mol. The number of nitrogens with one attached hydrogen (secondary N) is 1. The summed E-state index contributed by atoms with van der Waals surface area (Å²) >= 11 is 3.79. The molecule has 0 bridgehead atoms. The Labute approximate surface area is 103 Å². The van der Waals surface area contributed by atoms with Gasteiger partial charge in [0.05, 0.1) is 0 Å². The van der Waals surface area contributed by atoms with Crippen molar-refractivity contribution in [2.75, 3.05) is 24.3 Å². The second-order valence-electron chi connectivity index (χ2n) is 3.89. The second-order valence-corrected chi connectivity index (χ2v) is 6.38. The van der Waals surface area contributed by atoms with Crippen molar-refractivity contribution in [2.45, 2.75) is 36.7 Å². The number of hydrogen-bond donors (Lipinski definition) is 1. The van der Waals surface area contributed by atoms with Gasteiger partial charge < -0.3 is 5.32 Å². The molecule has 0 amide bonds. The van der Waals surface area contributed by atoms with Crippen LogP contribution in [0.1, 0.15) is 19.3 Å². The minimum absolute atomic E-state index is 0.222. The van der Waals surface area contributed by atoms with Crippen LogP contribution in [0.4, 0.5) is 13.2 Å². The van der Waals surface area contributed by atoms with E-state index in [0.717, 1.165) is 11.5 Å². The van der Waals surface area contributed by atoms with Gasteiger partial charge in [0.2, 0.25) is 0 Å². The number of thioether (sulfide) groups is 2. The first-order valence-electron chi connectivity index (χ1n) is 5.46. The first-order valence-corrected chi connectivity index (χ1v) is 7.66. The largest absolute Gasteiger partial charge is 0.389 e. The molecule has 96 valence electrons. The maximum Gasteiger partial charge on any atom is 0.389 e. The molecule has 1 N–H and O–H groups in total. The summed E-state index contributed by atoms with van der Waals surface area (Å²) in [5.41, 5.74) is 0. The quantitative estimate of drug-likeness (QED) is 0.826. The summed E-state index contributed by atoms with van der Waals surface area (Å²) in [7, 11) is 1.85. The van der Waals surface area contributed by atoms with Crippen LogP contribution in [-0.2, 0) is 0 Å². The van der Waals surface area contributed by atoms with Gasteiger partial charge in [0.1, 0.15) is 0 Å². The molecule has 0 spiro atoms. The fourth-order valence-corrected chi connectivity index (χ4v) is 4.75. The molecular formula is C10H18F3NS2. The molecule has 0 radical (unpaired) electrons. The topological polar surface area (TPSA) is 12.0 Å². The zero-order valence-corrected chi connectivity index (χ0v) is 11.0. The Balaban J connectivity index is 2.25. The lowest BCUT2D eigenvalue weighted by Crippen LogP contribution is -2.39. The molecule has 2 unspecified atom stereocenters. The van der Waals surface area contributed by atoms with Crippen LogP contribution in [0.3, 0.4) is 0 Å². The highest BCUT2D eigenvalue weighted by Crippen LogP contribution is 2.29. The third kappa shape index (κ3) is 5.68. The predicted octanol–water partition coefficient (Wildman–Crippen LogP) is 3.16. The predicted molar refractivity (Wildman–Crippen MR) is 66.3 cm³/mol. The molecule has 16 heavy (non-hydrogen) atoms. The van der Waals surface area contributed by atoms with Crippen molar-refractivity contribution in [3.05, 3.63) is 0 Å². The Bertz CT molecular complexity index is 193. The maximum atomic E-state index is 12.0. The average Bonchev–Trinajstić information content (AvgIpc) is 2.24. The van der Waals surface area contributed by atoms with Crippen molar-refractivity contribution < 1.29 is 13.2 Å². The van der Waals surface area contributed by atoms with E-state index in [2.05, 4.69) is 5.32 Å². The van der Waals surface area contributed by atoms with E-state index in [1.54, 1.807) is 0 Å². The minimum Gasteiger partial charge on any atom is -0.316 e. The van der Waals surface area contributed by atoms with Gasteiger partial charge in [0.25, 0.3) is 0 Å². The number of halogens is 3. The molecule has 0 aromatic heterocycles. The van der Waals surface area contributed by atoms with Gasteiger partial charge in [-0.3, -0.25) is 0 Å². The van der Waals surface area contributed by atoms with Gasteiger partial charge in [-0.15, -0.1) is 0 Å². The standard InChI is InChI=1S/C10H18F3NS2/c1-14-8(3-2-4-10(11,12)13)9-7-15-5-6-16-9/h8-9,14H,2-7H2,1H3. The van der Waals surface area contributed by atoms with Crippen molar-refractivity contribution in [2.24, 2.45) is 0 Å². The molecule has 1 fully saturated rings. The Morgan fingerprint density at radius 2 is 2.12 bits per heavy atom. The van der Waals surface area contributed by atoms with Crippen molar-refractivity contribution in [3.8, 4) is 0 Å². The van der Waals surface area contributed by atoms with Crippen LogP contribution in [-0.4, -0.2) is 41.8 Å². The molecule has 1 rings (SSSR count). The molecule has 1 nitrogen and oxygen atoms in total. The van der Waals surface area contributed by atoms with Gasteiger partial charge >= 0.3 is 6.18 Å². The average molecular weight is 273 g/mol. The van der Waals surface area contributed by atoms with E-state index in [-0.39, 0.29) is 12.5 Å². The fourth-order valence-electron chi connectivity index (χ4n) is 1.78. The van der Waals surface area contributed by atoms with Crippen molar-refractivity contribution >= 4 is 23.5 Å². The third-order valence-electron chi connectivity index (χ3n) is 2.64. The van der Waals surface area contributed by atoms with E-state index in [1.165, 1.54) is 5.75 Å². The molecule has 1 saturated heterocycles. The van der Waals surface area contributed by atoms with Gasteiger partial charge in [-0.25, -0.2) is 0 Å². The summed E-state index contributed by atoms with van der Waals surface area (Å²) in [6.45, 7) is 0. The van der Waals surface area contributed by atoms with Gasteiger partial charge in [0, 0.05) is 35.0 Å². The van der Waals surface area contributed by atoms with Crippen molar-refractivity contribution in [1.29, 1.82) is 0 Å². The maximum absolute atomic E-state index is 12.0. The highest BCUT2D eigenvalue weighted by Gasteiger charge is 2.28. The van der Waals surface area contributed by atoms with Crippen LogP contribution >= 0.6 is 23.5 Å². The molecule has 0 saturated carbocycles. The van der Waals surface area contributed by atoms with Crippen LogP contribution < -0.4 is 5.32 Å². The Morgan fingerprint density at radius 1 is 1.38 bits per heavy atom. The van der Waals surface area contributed by atoms with Crippen molar-refractivity contribution in [3.63, 3.8) is 0 Å². The first kappa shape index (κ1) is 14.5. The third-order valence-corrected chi connectivity index (χ3v) is 5.56. The van der Waals surface area contributed by atoms with Crippen LogP contribution in [0.2, 0.25) is 0 Å². The lowest BCUT2D eigenvalue weighted by molar-refractivity contribution is -0.135. The van der Waals surface area contributed by atoms with E-state index in [0.29, 0.717) is 11.7 Å². The van der Waals surface area contributed by atoms with Crippen LogP contribution in [0.25, 0.3) is 0 Å². The molecule has 0 aromatic rings. The summed E-state index contributed by atoms with van der Waals surface area (Å²) in [4.78, 5) is 0. The normalized spacial score (nSPS) is 24.4. The van der Waals surface area contributed by atoms with Gasteiger partial charge in [-0.1, -0.05) is 0 Å². The Hall–Kier alpha value is 0.450. The smallest absolute Gasteiger partial charge is 0.316 e. The Kier molecular flexibility index (Phi) is 6.36. The molecule has 2 atom stereocenters. The molecule has 1 heterocycles. The number of rotatable bonds is 5. The van der Waals surface area contributed by atoms with Gasteiger partial charge in [-0.05, 0) is 19.9 Å².